The third-order valence-electron chi connectivity index (χ3n) is 10.5. The van der Waals surface area contributed by atoms with Crippen LogP contribution in [-0.4, -0.2) is 50.7 Å². The van der Waals surface area contributed by atoms with Crippen LogP contribution in [0.5, 0.6) is 11.5 Å². The Morgan fingerprint density at radius 2 is 2.13 bits per heavy atom. The number of rotatable bonds is 7. The number of aromatic hydroxyl groups is 1. The van der Waals surface area contributed by atoms with Crippen molar-refractivity contribution in [3.8, 4) is 11.5 Å². The molecular formula is C32H38N4O3. The molecule has 2 aromatic carbocycles. The Hall–Kier alpha value is -3.03. The van der Waals surface area contributed by atoms with E-state index in [0.29, 0.717) is 24.6 Å². The zero-order valence-corrected chi connectivity index (χ0v) is 22.7. The van der Waals surface area contributed by atoms with Gasteiger partial charge >= 0.3 is 0 Å². The summed E-state index contributed by atoms with van der Waals surface area (Å²) in [7, 11) is 0. The number of piperidine rings is 1. The fraction of sp³-hybridized carbons (Fsp3) is 0.531. The Balaban J connectivity index is 1.26. The number of aliphatic imine (C=N–C) groups is 1. The van der Waals surface area contributed by atoms with E-state index in [1.54, 1.807) is 6.07 Å². The van der Waals surface area contributed by atoms with E-state index in [4.69, 9.17) is 10.5 Å². The van der Waals surface area contributed by atoms with E-state index in [0.717, 1.165) is 84.4 Å². The minimum absolute atomic E-state index is 0.0326. The van der Waals surface area contributed by atoms with Crippen LogP contribution in [0.25, 0.3) is 10.9 Å². The predicted octanol–water partition coefficient (Wildman–Crippen LogP) is 4.62. The summed E-state index contributed by atoms with van der Waals surface area (Å²) in [5.74, 6) is 2.23. The maximum absolute atomic E-state index is 13.0. The number of aromatic amines is 1. The molecule has 7 nitrogen and oxygen atoms in total. The molecule has 8 rings (SSSR count). The molecule has 0 radical (unpaired) electrons. The second kappa shape index (κ2) is 8.24. The molecule has 5 N–H and O–H groups in total. The number of nitrogens with one attached hydrogen (secondary N) is 1. The number of phenolic OH excluding ortho intramolecular Hbond substituents is 1. The van der Waals surface area contributed by atoms with Gasteiger partial charge in [-0.15, -0.1) is 0 Å². The number of amidine groups is 1. The van der Waals surface area contributed by atoms with Gasteiger partial charge in [-0.1, -0.05) is 25.5 Å². The van der Waals surface area contributed by atoms with Crippen molar-refractivity contribution in [2.75, 3.05) is 13.1 Å². The first-order valence-corrected chi connectivity index (χ1v) is 14.8. The summed E-state index contributed by atoms with van der Waals surface area (Å²) in [4.78, 5) is 10.9. The molecule has 0 amide bonds. The van der Waals surface area contributed by atoms with Crippen molar-refractivity contribution in [2.45, 2.75) is 88.0 Å². The van der Waals surface area contributed by atoms with Gasteiger partial charge in [0.1, 0.15) is 0 Å². The van der Waals surface area contributed by atoms with Crippen LogP contribution < -0.4 is 10.5 Å². The Labute approximate surface area is 229 Å². The van der Waals surface area contributed by atoms with Crippen molar-refractivity contribution < 1.29 is 14.9 Å². The monoisotopic (exact) mass is 526 g/mol. The zero-order valence-electron chi connectivity index (χ0n) is 22.7. The van der Waals surface area contributed by atoms with Gasteiger partial charge in [-0.3, -0.25) is 9.89 Å². The maximum Gasteiger partial charge on any atom is 0.166 e. The number of nitrogens with zero attached hydrogens (tertiary/aromatic N) is 2. The lowest BCUT2D eigenvalue weighted by atomic mass is 9.49. The van der Waals surface area contributed by atoms with Crippen molar-refractivity contribution in [3.05, 3.63) is 58.3 Å². The number of hydrogen-bond acceptors (Lipinski definition) is 5. The van der Waals surface area contributed by atoms with E-state index in [2.05, 4.69) is 46.1 Å². The summed E-state index contributed by atoms with van der Waals surface area (Å²) >= 11 is 0. The standard InChI is InChI=1S/C32H38N4O3/c1-2-3-4-26(33)34-16-19-7-9-23-21(13-19)22-15-32(38)25-14-20-8-10-24(37)29-27(20)31(32,30(39-29)28(22)35-23)11-12-36(25)17-18-5-6-18/h7-10,13,18,25,30,35,37-38H,2-6,11-12,14-17H2,1H3,(H2,33,34)/t25-,30+,31+,32-/m1/s1. The molecule has 3 aliphatic carbocycles. The van der Waals surface area contributed by atoms with Gasteiger partial charge in [0.05, 0.1) is 29.1 Å². The SMILES string of the molecule is CCCCC(N)=NCc1ccc2[nH]c3c(c2c1)C[C@@]1(O)[C@H]2Cc4ccc(O)c5c4[C@@]1(CCN2CC1CC1)[C@H]3O5. The van der Waals surface area contributed by atoms with E-state index in [1.807, 2.05) is 0 Å². The lowest BCUT2D eigenvalue weighted by Crippen LogP contribution is -2.74. The Morgan fingerprint density at radius 3 is 2.95 bits per heavy atom. The van der Waals surface area contributed by atoms with Crippen LogP contribution in [0.15, 0.2) is 35.3 Å². The first kappa shape index (κ1) is 23.8. The number of benzene rings is 2. The molecule has 3 heterocycles. The van der Waals surface area contributed by atoms with Gasteiger partial charge in [-0.25, -0.2) is 0 Å². The fourth-order valence-corrected chi connectivity index (χ4v) is 8.40. The molecule has 1 aromatic heterocycles. The third kappa shape index (κ3) is 3.20. The summed E-state index contributed by atoms with van der Waals surface area (Å²) < 4.78 is 6.71. The molecule has 2 aliphatic heterocycles. The molecule has 2 fully saturated rings. The Kier molecular flexibility index (Phi) is 5.03. The number of nitrogens with two attached hydrogens (primary N) is 1. The third-order valence-corrected chi connectivity index (χ3v) is 10.5. The first-order valence-electron chi connectivity index (χ1n) is 14.8. The van der Waals surface area contributed by atoms with Gasteiger partial charge in [-0.2, -0.15) is 0 Å². The highest BCUT2D eigenvalue weighted by Crippen LogP contribution is 2.69. The number of aromatic nitrogens is 1. The normalized spacial score (nSPS) is 30.8. The quantitative estimate of drug-likeness (QED) is 0.266. The van der Waals surface area contributed by atoms with Gasteiger partial charge in [0.15, 0.2) is 17.6 Å². The Morgan fingerprint density at radius 1 is 1.26 bits per heavy atom. The van der Waals surface area contributed by atoms with Gasteiger partial charge < -0.3 is 25.7 Å². The molecule has 0 unspecified atom stereocenters. The second-order valence-electron chi connectivity index (χ2n) is 12.7. The number of aliphatic hydroxyl groups is 1. The molecule has 39 heavy (non-hydrogen) atoms. The predicted molar refractivity (Wildman–Crippen MR) is 151 cm³/mol. The van der Waals surface area contributed by atoms with Crippen LogP contribution >= 0.6 is 0 Å². The Bertz CT molecular complexity index is 1520. The van der Waals surface area contributed by atoms with Crippen molar-refractivity contribution in [1.29, 1.82) is 0 Å². The van der Waals surface area contributed by atoms with Crippen molar-refractivity contribution in [1.82, 2.24) is 9.88 Å². The maximum atomic E-state index is 13.0. The van der Waals surface area contributed by atoms with Crippen molar-refractivity contribution in [3.63, 3.8) is 0 Å². The average Bonchev–Trinajstić information content (AvgIpc) is 3.57. The summed E-state index contributed by atoms with van der Waals surface area (Å²) in [6.07, 6.45) is 7.44. The highest BCUT2D eigenvalue weighted by molar-refractivity contribution is 5.87. The number of ether oxygens (including phenoxy) is 1. The largest absolute Gasteiger partial charge is 0.504 e. The lowest BCUT2D eigenvalue weighted by Gasteiger charge is -2.62. The number of fused-ring (bicyclic) bond motifs is 4. The van der Waals surface area contributed by atoms with Gasteiger partial charge in [0, 0.05) is 41.9 Å². The lowest BCUT2D eigenvalue weighted by molar-refractivity contribution is -0.173. The molecule has 3 aromatic rings. The van der Waals surface area contributed by atoms with Crippen LogP contribution in [0.4, 0.5) is 0 Å². The molecule has 4 atom stereocenters. The second-order valence-corrected chi connectivity index (χ2v) is 12.7. The summed E-state index contributed by atoms with van der Waals surface area (Å²) in [6.45, 7) is 4.74. The molecule has 5 aliphatic rings. The fourth-order valence-electron chi connectivity index (χ4n) is 8.40. The number of hydrogen-bond donors (Lipinski definition) is 4. The van der Waals surface area contributed by atoms with Crippen LogP contribution in [0.1, 0.15) is 79.5 Å². The molecule has 1 saturated heterocycles. The zero-order chi connectivity index (χ0) is 26.5. The smallest absolute Gasteiger partial charge is 0.166 e. The highest BCUT2D eigenvalue weighted by atomic mass is 16.5. The number of unbranched alkanes of at least 4 members (excludes halogenated alkanes) is 1. The summed E-state index contributed by atoms with van der Waals surface area (Å²) in [5, 5.41) is 25.0. The molecule has 1 saturated carbocycles. The molecule has 7 heteroatoms. The molecule has 1 spiro atoms. The highest BCUT2D eigenvalue weighted by Gasteiger charge is 2.72. The van der Waals surface area contributed by atoms with E-state index in [1.165, 1.54) is 18.4 Å². The van der Waals surface area contributed by atoms with Crippen LogP contribution in [0.2, 0.25) is 0 Å². The van der Waals surface area contributed by atoms with E-state index in [9.17, 15) is 10.2 Å². The van der Waals surface area contributed by atoms with Gasteiger partial charge in [0.25, 0.3) is 0 Å². The van der Waals surface area contributed by atoms with Crippen molar-refractivity contribution >= 4 is 16.7 Å². The average molecular weight is 527 g/mol. The van der Waals surface area contributed by atoms with E-state index < -0.39 is 11.0 Å². The number of H-pyrrole nitrogens is 1. The summed E-state index contributed by atoms with van der Waals surface area (Å²) in [5.41, 5.74) is 11.3. The van der Waals surface area contributed by atoms with Crippen molar-refractivity contribution in [2.24, 2.45) is 16.6 Å². The van der Waals surface area contributed by atoms with Gasteiger partial charge in [-0.05, 0) is 79.5 Å². The van der Waals surface area contributed by atoms with E-state index >= 15 is 0 Å². The minimum Gasteiger partial charge on any atom is -0.504 e. The van der Waals surface area contributed by atoms with Crippen LogP contribution in [-0.2, 0) is 24.8 Å². The van der Waals surface area contributed by atoms with Gasteiger partial charge in [0.2, 0.25) is 0 Å². The number of likely N-dealkylation sites (tertiary alicyclic amines) is 1. The topological polar surface area (TPSA) is 107 Å². The minimum atomic E-state index is -0.974. The first-order chi connectivity index (χ1) is 18.9. The van der Waals surface area contributed by atoms with Crippen LogP contribution in [0, 0.1) is 5.92 Å². The summed E-state index contributed by atoms with van der Waals surface area (Å²) in [6, 6.07) is 10.3. The molecule has 204 valence electrons. The molecule has 2 bridgehead atoms. The number of phenols is 1. The van der Waals surface area contributed by atoms with E-state index in [-0.39, 0.29) is 17.9 Å². The molecular weight excluding hydrogens is 488 g/mol. The van der Waals surface area contributed by atoms with Crippen LogP contribution in [0.3, 0.4) is 0 Å².